The quantitative estimate of drug-likeness (QED) is 0.565. The Morgan fingerprint density at radius 3 is 2.50 bits per heavy atom. The standard InChI is InChI=1S/C22H23N3O5/c1-15-3-7-17(8-4-15)28-14-21(26)25-11-19(12-25)29-18-9-5-16(6-10-18)22-23-20(13-27-2)30-24-22/h3-10,19H,11-14H2,1-2H3. The minimum Gasteiger partial charge on any atom is -0.487 e. The molecule has 1 amide bonds. The van der Waals surface area contributed by atoms with E-state index in [4.69, 9.17) is 18.7 Å². The monoisotopic (exact) mass is 409 g/mol. The molecule has 0 spiro atoms. The summed E-state index contributed by atoms with van der Waals surface area (Å²) in [5, 5.41) is 3.93. The Balaban J connectivity index is 1.22. The second-order valence-corrected chi connectivity index (χ2v) is 7.11. The molecule has 1 aliphatic rings. The molecule has 30 heavy (non-hydrogen) atoms. The number of hydrogen-bond acceptors (Lipinski definition) is 7. The maximum atomic E-state index is 12.2. The number of ether oxygens (including phenoxy) is 3. The number of rotatable bonds is 8. The van der Waals surface area contributed by atoms with Crippen LogP contribution in [0.2, 0.25) is 0 Å². The number of hydrogen-bond donors (Lipinski definition) is 0. The summed E-state index contributed by atoms with van der Waals surface area (Å²) < 4.78 is 21.5. The summed E-state index contributed by atoms with van der Waals surface area (Å²) in [6, 6.07) is 15.1. The molecule has 4 rings (SSSR count). The summed E-state index contributed by atoms with van der Waals surface area (Å²) in [5.74, 6) is 2.31. The number of nitrogens with zero attached hydrogens (tertiary/aromatic N) is 3. The Morgan fingerprint density at radius 1 is 1.10 bits per heavy atom. The molecule has 8 nitrogen and oxygen atoms in total. The number of carbonyl (C=O) groups excluding carboxylic acids is 1. The van der Waals surface area contributed by atoms with Crippen LogP contribution in [0.3, 0.4) is 0 Å². The third kappa shape index (κ3) is 4.77. The number of aromatic nitrogens is 2. The number of likely N-dealkylation sites (tertiary alicyclic amines) is 1. The van der Waals surface area contributed by atoms with E-state index in [9.17, 15) is 4.79 Å². The highest BCUT2D eigenvalue weighted by molar-refractivity contribution is 5.78. The predicted octanol–water partition coefficient (Wildman–Crippen LogP) is 2.86. The van der Waals surface area contributed by atoms with Crippen molar-refractivity contribution in [1.82, 2.24) is 15.0 Å². The zero-order valence-corrected chi connectivity index (χ0v) is 16.9. The molecule has 1 aliphatic heterocycles. The average Bonchev–Trinajstić information content (AvgIpc) is 3.19. The maximum absolute atomic E-state index is 12.2. The highest BCUT2D eigenvalue weighted by Crippen LogP contribution is 2.23. The lowest BCUT2D eigenvalue weighted by Gasteiger charge is -2.38. The largest absolute Gasteiger partial charge is 0.487 e. The fraction of sp³-hybridized carbons (Fsp3) is 0.318. The normalized spacial score (nSPS) is 13.7. The first-order valence-electron chi connectivity index (χ1n) is 9.66. The van der Waals surface area contributed by atoms with E-state index in [-0.39, 0.29) is 25.2 Å². The molecule has 0 N–H and O–H groups in total. The van der Waals surface area contributed by atoms with E-state index in [0.29, 0.717) is 30.6 Å². The second kappa shape index (κ2) is 8.96. The summed E-state index contributed by atoms with van der Waals surface area (Å²) >= 11 is 0. The summed E-state index contributed by atoms with van der Waals surface area (Å²) in [6.45, 7) is 3.40. The van der Waals surface area contributed by atoms with Crippen molar-refractivity contribution in [1.29, 1.82) is 0 Å². The van der Waals surface area contributed by atoms with Crippen molar-refractivity contribution in [2.45, 2.75) is 19.6 Å². The van der Waals surface area contributed by atoms with E-state index in [2.05, 4.69) is 10.1 Å². The average molecular weight is 409 g/mol. The van der Waals surface area contributed by atoms with E-state index in [1.54, 1.807) is 12.0 Å². The fourth-order valence-corrected chi connectivity index (χ4v) is 3.02. The molecule has 0 saturated carbocycles. The minimum absolute atomic E-state index is 0.0280. The van der Waals surface area contributed by atoms with Gasteiger partial charge in [0.2, 0.25) is 5.82 Å². The smallest absolute Gasteiger partial charge is 0.260 e. The number of carbonyl (C=O) groups is 1. The zero-order chi connectivity index (χ0) is 20.9. The van der Waals surface area contributed by atoms with Crippen molar-refractivity contribution < 1.29 is 23.5 Å². The first kappa shape index (κ1) is 19.9. The van der Waals surface area contributed by atoms with Gasteiger partial charge in [-0.3, -0.25) is 4.79 Å². The third-order valence-electron chi connectivity index (χ3n) is 4.74. The van der Waals surface area contributed by atoms with Gasteiger partial charge in [-0.1, -0.05) is 22.9 Å². The Kier molecular flexibility index (Phi) is 5.94. The lowest BCUT2D eigenvalue weighted by atomic mass is 10.1. The summed E-state index contributed by atoms with van der Waals surface area (Å²) in [7, 11) is 1.57. The molecular weight excluding hydrogens is 386 g/mol. The van der Waals surface area contributed by atoms with E-state index in [0.717, 1.165) is 16.9 Å². The van der Waals surface area contributed by atoms with Crippen molar-refractivity contribution in [3.8, 4) is 22.9 Å². The summed E-state index contributed by atoms with van der Waals surface area (Å²) in [4.78, 5) is 18.2. The van der Waals surface area contributed by atoms with Crippen LogP contribution in [0.5, 0.6) is 11.5 Å². The van der Waals surface area contributed by atoms with Crippen LogP contribution in [0.4, 0.5) is 0 Å². The van der Waals surface area contributed by atoms with Gasteiger partial charge in [-0.2, -0.15) is 4.98 Å². The molecule has 0 atom stereocenters. The van der Waals surface area contributed by atoms with E-state index < -0.39 is 0 Å². The Hall–Kier alpha value is -3.39. The number of aryl methyl sites for hydroxylation is 1. The van der Waals surface area contributed by atoms with Gasteiger partial charge in [-0.05, 0) is 43.3 Å². The molecule has 0 unspecified atom stereocenters. The predicted molar refractivity (Wildman–Crippen MR) is 108 cm³/mol. The summed E-state index contributed by atoms with van der Waals surface area (Å²) in [5.41, 5.74) is 1.98. The van der Waals surface area contributed by atoms with Gasteiger partial charge < -0.3 is 23.6 Å². The number of benzene rings is 2. The number of amides is 1. The molecule has 8 heteroatoms. The molecular formula is C22H23N3O5. The lowest BCUT2D eigenvalue weighted by molar-refractivity contribution is -0.142. The van der Waals surface area contributed by atoms with Gasteiger partial charge in [0, 0.05) is 12.7 Å². The van der Waals surface area contributed by atoms with Crippen LogP contribution in [0.1, 0.15) is 11.5 Å². The van der Waals surface area contributed by atoms with Crippen LogP contribution in [0.25, 0.3) is 11.4 Å². The molecule has 1 fully saturated rings. The molecule has 1 saturated heterocycles. The van der Waals surface area contributed by atoms with Crippen molar-refractivity contribution >= 4 is 5.91 Å². The minimum atomic E-state index is -0.0465. The topological polar surface area (TPSA) is 86.9 Å². The maximum Gasteiger partial charge on any atom is 0.260 e. The van der Waals surface area contributed by atoms with E-state index in [1.165, 1.54) is 0 Å². The Morgan fingerprint density at radius 2 is 1.80 bits per heavy atom. The van der Waals surface area contributed by atoms with Gasteiger partial charge in [-0.25, -0.2) is 0 Å². The molecule has 1 aromatic heterocycles. The molecule has 2 aromatic carbocycles. The van der Waals surface area contributed by atoms with Crippen molar-refractivity contribution in [3.05, 3.63) is 60.0 Å². The first-order valence-corrected chi connectivity index (χ1v) is 9.66. The molecule has 0 aliphatic carbocycles. The van der Waals surface area contributed by atoms with Crippen LogP contribution >= 0.6 is 0 Å². The highest BCUT2D eigenvalue weighted by atomic mass is 16.5. The van der Waals surface area contributed by atoms with Crippen molar-refractivity contribution in [3.63, 3.8) is 0 Å². The molecule has 0 radical (unpaired) electrons. The van der Waals surface area contributed by atoms with Gasteiger partial charge in [0.05, 0.1) is 13.1 Å². The molecule has 3 aromatic rings. The van der Waals surface area contributed by atoms with Crippen LogP contribution in [0, 0.1) is 6.92 Å². The second-order valence-electron chi connectivity index (χ2n) is 7.11. The van der Waals surface area contributed by atoms with Crippen LogP contribution in [-0.2, 0) is 16.1 Å². The first-order chi connectivity index (χ1) is 14.6. The van der Waals surface area contributed by atoms with Gasteiger partial charge in [0.1, 0.15) is 24.2 Å². The lowest BCUT2D eigenvalue weighted by Crippen LogP contribution is -2.57. The van der Waals surface area contributed by atoms with E-state index in [1.807, 2.05) is 55.5 Å². The third-order valence-corrected chi connectivity index (χ3v) is 4.74. The number of methoxy groups -OCH3 is 1. The summed E-state index contributed by atoms with van der Waals surface area (Å²) in [6.07, 6.45) is -0.0299. The molecule has 2 heterocycles. The van der Waals surface area contributed by atoms with Crippen molar-refractivity contribution in [2.75, 3.05) is 26.8 Å². The van der Waals surface area contributed by atoms with Crippen LogP contribution in [-0.4, -0.2) is 53.9 Å². The van der Waals surface area contributed by atoms with E-state index >= 15 is 0 Å². The van der Waals surface area contributed by atoms with Gasteiger partial charge in [0.25, 0.3) is 11.8 Å². The zero-order valence-electron chi connectivity index (χ0n) is 16.9. The van der Waals surface area contributed by atoms with Crippen LogP contribution in [0.15, 0.2) is 53.1 Å². The van der Waals surface area contributed by atoms with Crippen LogP contribution < -0.4 is 9.47 Å². The Labute approximate surface area is 174 Å². The van der Waals surface area contributed by atoms with Gasteiger partial charge >= 0.3 is 0 Å². The van der Waals surface area contributed by atoms with Crippen molar-refractivity contribution in [2.24, 2.45) is 0 Å². The Bertz CT molecular complexity index is 979. The van der Waals surface area contributed by atoms with Gasteiger partial charge in [0.15, 0.2) is 6.61 Å². The highest BCUT2D eigenvalue weighted by Gasteiger charge is 2.32. The molecule has 156 valence electrons. The molecule has 0 bridgehead atoms. The van der Waals surface area contributed by atoms with Gasteiger partial charge in [-0.15, -0.1) is 0 Å². The SMILES string of the molecule is COCc1nc(-c2ccc(OC3CN(C(=O)COc4ccc(C)cc4)C3)cc2)no1. The fourth-order valence-electron chi connectivity index (χ4n) is 3.02.